The van der Waals surface area contributed by atoms with E-state index < -0.39 is 10.0 Å². The Balaban J connectivity index is 0.00000625. The first-order chi connectivity index (χ1) is 11.9. The van der Waals surface area contributed by atoms with Crippen molar-refractivity contribution in [2.45, 2.75) is 39.1 Å². The van der Waals surface area contributed by atoms with E-state index >= 15 is 0 Å². The van der Waals surface area contributed by atoms with E-state index in [0.717, 1.165) is 11.1 Å². The Morgan fingerprint density at radius 2 is 1.85 bits per heavy atom. The van der Waals surface area contributed by atoms with Gasteiger partial charge in [0.05, 0.1) is 12.4 Å². The summed E-state index contributed by atoms with van der Waals surface area (Å²) in [4.78, 5) is 4.15. The highest BCUT2D eigenvalue weighted by atomic mass is 127. The van der Waals surface area contributed by atoms with Crippen LogP contribution in [0.4, 0.5) is 0 Å². The maximum absolute atomic E-state index is 12.2. The van der Waals surface area contributed by atoms with Crippen molar-refractivity contribution in [3.05, 3.63) is 35.4 Å². The lowest BCUT2D eigenvalue weighted by molar-refractivity contribution is 0.152. The van der Waals surface area contributed by atoms with Crippen molar-refractivity contribution in [2.75, 3.05) is 26.8 Å². The Hall–Kier alpha value is -0.910. The third-order valence-electron chi connectivity index (χ3n) is 3.29. The molecule has 0 saturated heterocycles. The van der Waals surface area contributed by atoms with Gasteiger partial charge in [-0.15, -0.1) is 24.0 Å². The van der Waals surface area contributed by atoms with E-state index in [2.05, 4.69) is 20.3 Å². The Morgan fingerprint density at radius 1 is 1.19 bits per heavy atom. The molecule has 150 valence electrons. The molecule has 1 aromatic carbocycles. The molecule has 3 N–H and O–H groups in total. The van der Waals surface area contributed by atoms with Crippen LogP contribution in [0.1, 0.15) is 31.9 Å². The van der Waals surface area contributed by atoms with Crippen molar-refractivity contribution in [1.82, 2.24) is 15.4 Å². The average molecular weight is 498 g/mol. The monoisotopic (exact) mass is 498 g/mol. The van der Waals surface area contributed by atoms with E-state index in [0.29, 0.717) is 32.3 Å². The summed E-state index contributed by atoms with van der Waals surface area (Å²) in [5.74, 6) is 0.608. The zero-order valence-corrected chi connectivity index (χ0v) is 19.1. The number of guanidine groups is 1. The molecule has 0 aromatic heterocycles. The lowest BCUT2D eigenvalue weighted by atomic mass is 10.1. The smallest absolute Gasteiger partial charge is 0.216 e. The fraction of sp³-hybridized carbons (Fsp3) is 0.588. The van der Waals surface area contributed by atoms with Crippen LogP contribution >= 0.6 is 24.0 Å². The zero-order valence-electron chi connectivity index (χ0n) is 15.9. The van der Waals surface area contributed by atoms with E-state index in [1.807, 2.05) is 45.0 Å². The predicted octanol–water partition coefficient (Wildman–Crippen LogP) is 1.83. The summed E-state index contributed by atoms with van der Waals surface area (Å²) < 4.78 is 32.2. The van der Waals surface area contributed by atoms with Crippen molar-refractivity contribution in [2.24, 2.45) is 4.99 Å². The number of halogens is 1. The molecule has 0 saturated carbocycles. The second-order valence-electron chi connectivity index (χ2n) is 5.85. The molecular weight excluding hydrogens is 467 g/mol. The van der Waals surface area contributed by atoms with E-state index in [4.69, 9.17) is 4.74 Å². The number of rotatable bonds is 10. The van der Waals surface area contributed by atoms with Gasteiger partial charge in [0.1, 0.15) is 0 Å². The van der Waals surface area contributed by atoms with Gasteiger partial charge in [0.2, 0.25) is 10.0 Å². The van der Waals surface area contributed by atoms with Gasteiger partial charge >= 0.3 is 0 Å². The maximum atomic E-state index is 12.2. The molecule has 0 spiro atoms. The van der Waals surface area contributed by atoms with Gasteiger partial charge in [0.15, 0.2) is 5.96 Å². The Kier molecular flexibility index (Phi) is 12.8. The Bertz CT molecular complexity index is 651. The minimum Gasteiger partial charge on any atom is -0.380 e. The van der Waals surface area contributed by atoms with Crippen LogP contribution in [0.2, 0.25) is 0 Å². The summed E-state index contributed by atoms with van der Waals surface area (Å²) in [7, 11) is -1.67. The van der Waals surface area contributed by atoms with Gasteiger partial charge in [0, 0.05) is 32.8 Å². The molecule has 0 amide bonds. The number of aliphatic imine (C=N–C) groups is 1. The van der Waals surface area contributed by atoms with Crippen molar-refractivity contribution >= 4 is 40.0 Å². The standard InChI is InChI=1S/C17H30N4O3S.HI/c1-5-24-11-10-19-17(18-4)20-12-15-8-6-7-9-16(15)13-25(22,23)21-14(2)3;/h6-9,14,21H,5,10-13H2,1-4H3,(H2,18,19,20);1H. The number of ether oxygens (including phenoxy) is 1. The quantitative estimate of drug-likeness (QED) is 0.198. The summed E-state index contributed by atoms with van der Waals surface area (Å²) in [6.07, 6.45) is 0. The topological polar surface area (TPSA) is 91.8 Å². The summed E-state index contributed by atoms with van der Waals surface area (Å²) in [6.45, 7) is 7.99. The van der Waals surface area contributed by atoms with Crippen LogP contribution in [-0.4, -0.2) is 47.2 Å². The molecule has 0 fully saturated rings. The first kappa shape index (κ1) is 25.1. The minimum atomic E-state index is -3.36. The fourth-order valence-corrected chi connectivity index (χ4v) is 3.75. The van der Waals surface area contributed by atoms with Crippen molar-refractivity contribution in [3.63, 3.8) is 0 Å². The van der Waals surface area contributed by atoms with Crippen LogP contribution in [0, 0.1) is 0 Å². The third kappa shape index (κ3) is 10.3. The average Bonchev–Trinajstić information content (AvgIpc) is 2.54. The number of hydrogen-bond donors (Lipinski definition) is 3. The minimum absolute atomic E-state index is 0. The second-order valence-corrected chi connectivity index (χ2v) is 7.60. The normalized spacial score (nSPS) is 12.0. The van der Waals surface area contributed by atoms with Crippen LogP contribution in [-0.2, 0) is 27.1 Å². The van der Waals surface area contributed by atoms with E-state index in [9.17, 15) is 8.42 Å². The first-order valence-corrected chi connectivity index (χ1v) is 10.1. The van der Waals surface area contributed by atoms with Crippen LogP contribution in [0.25, 0.3) is 0 Å². The molecule has 0 aliphatic rings. The largest absolute Gasteiger partial charge is 0.380 e. The Labute approximate surface area is 174 Å². The molecule has 9 heteroatoms. The number of hydrogen-bond acceptors (Lipinski definition) is 4. The highest BCUT2D eigenvalue weighted by molar-refractivity contribution is 14.0. The van der Waals surface area contributed by atoms with Gasteiger partial charge in [-0.2, -0.15) is 0 Å². The third-order valence-corrected chi connectivity index (χ3v) is 4.81. The summed E-state index contributed by atoms with van der Waals surface area (Å²) >= 11 is 0. The zero-order chi connectivity index (χ0) is 18.7. The molecular formula is C17H31IN4O3S. The van der Waals surface area contributed by atoms with Crippen molar-refractivity contribution in [3.8, 4) is 0 Å². The highest BCUT2D eigenvalue weighted by Crippen LogP contribution is 2.12. The Morgan fingerprint density at radius 3 is 2.42 bits per heavy atom. The van der Waals surface area contributed by atoms with Gasteiger partial charge in [-0.25, -0.2) is 13.1 Å². The van der Waals surface area contributed by atoms with Crippen LogP contribution in [0.15, 0.2) is 29.3 Å². The molecule has 7 nitrogen and oxygen atoms in total. The first-order valence-electron chi connectivity index (χ1n) is 8.47. The van der Waals surface area contributed by atoms with Gasteiger partial charge in [-0.05, 0) is 31.9 Å². The van der Waals surface area contributed by atoms with Crippen molar-refractivity contribution in [1.29, 1.82) is 0 Å². The molecule has 0 radical (unpaired) electrons. The van der Waals surface area contributed by atoms with Crippen LogP contribution in [0.5, 0.6) is 0 Å². The lowest BCUT2D eigenvalue weighted by Gasteiger charge is -2.15. The number of nitrogens with one attached hydrogen (secondary N) is 3. The van der Waals surface area contributed by atoms with Crippen molar-refractivity contribution < 1.29 is 13.2 Å². The predicted molar refractivity (Wildman–Crippen MR) is 117 cm³/mol. The lowest BCUT2D eigenvalue weighted by Crippen LogP contribution is -2.38. The number of nitrogens with zero attached hydrogens (tertiary/aromatic N) is 1. The molecule has 0 bridgehead atoms. The van der Waals surface area contributed by atoms with E-state index in [-0.39, 0.29) is 35.8 Å². The number of benzene rings is 1. The van der Waals surface area contributed by atoms with E-state index in [1.165, 1.54) is 0 Å². The molecule has 0 aliphatic heterocycles. The van der Waals surface area contributed by atoms with Gasteiger partial charge in [-0.1, -0.05) is 24.3 Å². The van der Waals surface area contributed by atoms with Gasteiger partial charge < -0.3 is 15.4 Å². The van der Waals surface area contributed by atoms with Gasteiger partial charge in [-0.3, -0.25) is 4.99 Å². The maximum Gasteiger partial charge on any atom is 0.216 e. The summed E-state index contributed by atoms with van der Waals surface area (Å²) in [5, 5.41) is 6.35. The second kappa shape index (κ2) is 13.3. The summed E-state index contributed by atoms with van der Waals surface area (Å²) in [6, 6.07) is 7.37. The molecule has 0 unspecified atom stereocenters. The number of sulfonamides is 1. The van der Waals surface area contributed by atoms with Crippen LogP contribution < -0.4 is 15.4 Å². The molecule has 1 aromatic rings. The fourth-order valence-electron chi connectivity index (χ4n) is 2.26. The summed E-state index contributed by atoms with van der Waals surface area (Å²) in [5.41, 5.74) is 1.69. The molecule has 26 heavy (non-hydrogen) atoms. The van der Waals surface area contributed by atoms with Gasteiger partial charge in [0.25, 0.3) is 0 Å². The van der Waals surface area contributed by atoms with E-state index in [1.54, 1.807) is 7.05 Å². The molecule has 1 rings (SSSR count). The highest BCUT2D eigenvalue weighted by Gasteiger charge is 2.15. The molecule has 0 atom stereocenters. The SMILES string of the molecule is CCOCCNC(=NC)NCc1ccccc1CS(=O)(=O)NC(C)C.I. The molecule has 0 heterocycles. The molecule has 0 aliphatic carbocycles. The van der Waals surface area contributed by atoms with Crippen LogP contribution in [0.3, 0.4) is 0 Å².